The van der Waals surface area contributed by atoms with E-state index in [0.717, 1.165) is 30.9 Å². The molecule has 4 nitrogen and oxygen atoms in total. The van der Waals surface area contributed by atoms with Crippen molar-refractivity contribution in [1.82, 2.24) is 10.2 Å². The lowest BCUT2D eigenvalue weighted by molar-refractivity contribution is -0.117. The molecule has 0 radical (unpaired) electrons. The van der Waals surface area contributed by atoms with Crippen molar-refractivity contribution >= 4 is 11.6 Å². The number of carbonyl (C=O) groups is 1. The zero-order valence-electron chi connectivity index (χ0n) is 13.1. The number of hydrogen-bond donors (Lipinski definition) is 2. The van der Waals surface area contributed by atoms with Gasteiger partial charge in [-0.25, -0.2) is 0 Å². The normalized spacial score (nSPS) is 28.6. The zero-order valence-corrected chi connectivity index (χ0v) is 13.1. The zero-order chi connectivity index (χ0) is 15.0. The minimum absolute atomic E-state index is 0.0988. The second kappa shape index (κ2) is 5.78. The Balaban J connectivity index is 1.59. The monoisotopic (exact) mass is 287 g/mol. The van der Waals surface area contributed by atoms with Gasteiger partial charge < -0.3 is 10.6 Å². The minimum atomic E-state index is 0.0988. The first-order valence-corrected chi connectivity index (χ1v) is 7.86. The van der Waals surface area contributed by atoms with Crippen molar-refractivity contribution in [3.63, 3.8) is 0 Å². The molecule has 114 valence electrons. The quantitative estimate of drug-likeness (QED) is 0.891. The van der Waals surface area contributed by atoms with Crippen LogP contribution in [0.15, 0.2) is 18.2 Å². The van der Waals surface area contributed by atoms with Crippen LogP contribution in [0, 0.1) is 25.7 Å². The van der Waals surface area contributed by atoms with Gasteiger partial charge in [-0.2, -0.15) is 0 Å². The van der Waals surface area contributed by atoms with Gasteiger partial charge in [0.15, 0.2) is 0 Å². The van der Waals surface area contributed by atoms with Crippen LogP contribution in [0.3, 0.4) is 0 Å². The summed E-state index contributed by atoms with van der Waals surface area (Å²) < 4.78 is 0. The molecular formula is C17H25N3O. The summed E-state index contributed by atoms with van der Waals surface area (Å²) in [4.78, 5) is 14.6. The Morgan fingerprint density at radius 3 is 2.90 bits per heavy atom. The van der Waals surface area contributed by atoms with Crippen LogP contribution < -0.4 is 10.6 Å². The van der Waals surface area contributed by atoms with Crippen molar-refractivity contribution in [2.45, 2.75) is 26.8 Å². The summed E-state index contributed by atoms with van der Waals surface area (Å²) in [5.74, 6) is 1.52. The molecule has 4 heteroatoms. The van der Waals surface area contributed by atoms with E-state index in [2.05, 4.69) is 35.4 Å². The number of anilines is 1. The third-order valence-electron chi connectivity index (χ3n) is 5.06. The first-order valence-electron chi connectivity index (χ1n) is 7.86. The Bertz CT molecular complexity index is 543. The Morgan fingerprint density at radius 2 is 2.19 bits per heavy atom. The first-order chi connectivity index (χ1) is 10.0. The molecule has 2 aliphatic heterocycles. The van der Waals surface area contributed by atoms with Gasteiger partial charge >= 0.3 is 0 Å². The summed E-state index contributed by atoms with van der Waals surface area (Å²) >= 11 is 0. The topological polar surface area (TPSA) is 44.4 Å². The van der Waals surface area contributed by atoms with Gasteiger partial charge in [0, 0.05) is 18.3 Å². The number of nitrogens with zero attached hydrogens (tertiary/aromatic N) is 1. The maximum atomic E-state index is 12.3. The molecule has 0 spiro atoms. The molecule has 0 saturated carbocycles. The van der Waals surface area contributed by atoms with Crippen molar-refractivity contribution in [3.05, 3.63) is 29.3 Å². The molecule has 2 heterocycles. The van der Waals surface area contributed by atoms with Gasteiger partial charge in [0.25, 0.3) is 0 Å². The number of likely N-dealkylation sites (tertiary alicyclic amines) is 1. The summed E-state index contributed by atoms with van der Waals surface area (Å²) in [5, 5.41) is 6.51. The van der Waals surface area contributed by atoms with Gasteiger partial charge in [-0.05, 0) is 57.3 Å². The number of benzene rings is 1. The molecule has 3 atom stereocenters. The summed E-state index contributed by atoms with van der Waals surface area (Å²) in [7, 11) is 0. The van der Waals surface area contributed by atoms with E-state index in [4.69, 9.17) is 0 Å². The van der Waals surface area contributed by atoms with Crippen molar-refractivity contribution in [1.29, 1.82) is 0 Å². The molecule has 3 rings (SSSR count). The summed E-state index contributed by atoms with van der Waals surface area (Å²) in [6, 6.07) is 6.63. The summed E-state index contributed by atoms with van der Waals surface area (Å²) in [6.07, 6.45) is 0. The number of hydrogen-bond acceptors (Lipinski definition) is 3. The molecule has 2 aliphatic rings. The van der Waals surface area contributed by atoms with Crippen LogP contribution in [-0.4, -0.2) is 43.0 Å². The number of aryl methyl sites for hydroxylation is 2. The van der Waals surface area contributed by atoms with E-state index in [9.17, 15) is 4.79 Å². The molecule has 0 bridgehead atoms. The van der Waals surface area contributed by atoms with Gasteiger partial charge in [0.1, 0.15) is 0 Å². The van der Waals surface area contributed by atoms with Gasteiger partial charge in [0.05, 0.1) is 6.54 Å². The molecule has 2 fully saturated rings. The van der Waals surface area contributed by atoms with Gasteiger partial charge in [-0.15, -0.1) is 0 Å². The van der Waals surface area contributed by atoms with Crippen LogP contribution in [0.25, 0.3) is 0 Å². The highest BCUT2D eigenvalue weighted by Gasteiger charge is 2.42. The van der Waals surface area contributed by atoms with E-state index in [1.54, 1.807) is 0 Å². The number of nitrogens with one attached hydrogen (secondary N) is 2. The molecule has 1 aromatic rings. The van der Waals surface area contributed by atoms with E-state index < -0.39 is 0 Å². The maximum absolute atomic E-state index is 12.3. The minimum Gasteiger partial charge on any atom is -0.325 e. The largest absolute Gasteiger partial charge is 0.325 e. The molecule has 0 aromatic heterocycles. The van der Waals surface area contributed by atoms with E-state index in [1.165, 1.54) is 5.56 Å². The van der Waals surface area contributed by atoms with Gasteiger partial charge in [-0.3, -0.25) is 9.69 Å². The van der Waals surface area contributed by atoms with Crippen molar-refractivity contribution < 1.29 is 4.79 Å². The van der Waals surface area contributed by atoms with Crippen LogP contribution in [0.2, 0.25) is 0 Å². The SMILES string of the molecule is Cc1ccc(NC(=O)CN2CC3CNCC3C2C)c(C)c1. The molecule has 3 unspecified atom stereocenters. The van der Waals surface area contributed by atoms with E-state index in [1.807, 2.05) is 19.1 Å². The van der Waals surface area contributed by atoms with E-state index >= 15 is 0 Å². The molecular weight excluding hydrogens is 262 g/mol. The lowest BCUT2D eigenvalue weighted by atomic mass is 9.95. The Hall–Kier alpha value is -1.39. The highest BCUT2D eigenvalue weighted by atomic mass is 16.2. The Morgan fingerprint density at radius 1 is 1.38 bits per heavy atom. The fourth-order valence-corrected chi connectivity index (χ4v) is 3.79. The van der Waals surface area contributed by atoms with Crippen LogP contribution in [0.1, 0.15) is 18.1 Å². The van der Waals surface area contributed by atoms with E-state index in [-0.39, 0.29) is 5.91 Å². The molecule has 0 aliphatic carbocycles. The smallest absolute Gasteiger partial charge is 0.238 e. The van der Waals surface area contributed by atoms with Gasteiger partial charge in [-0.1, -0.05) is 17.7 Å². The number of carbonyl (C=O) groups excluding carboxylic acids is 1. The average molecular weight is 287 g/mol. The van der Waals surface area contributed by atoms with Crippen LogP contribution in [0.5, 0.6) is 0 Å². The van der Waals surface area contributed by atoms with Crippen LogP contribution in [-0.2, 0) is 4.79 Å². The summed E-state index contributed by atoms with van der Waals surface area (Å²) in [6.45, 7) is 10.1. The lowest BCUT2D eigenvalue weighted by Crippen LogP contribution is -2.39. The third-order valence-corrected chi connectivity index (χ3v) is 5.06. The first kappa shape index (κ1) is 14.5. The average Bonchev–Trinajstić information content (AvgIpc) is 2.98. The lowest BCUT2D eigenvalue weighted by Gasteiger charge is -2.23. The molecule has 21 heavy (non-hydrogen) atoms. The predicted molar refractivity (Wildman–Crippen MR) is 85.4 cm³/mol. The molecule has 1 aromatic carbocycles. The van der Waals surface area contributed by atoms with Crippen molar-refractivity contribution in [2.24, 2.45) is 11.8 Å². The highest BCUT2D eigenvalue weighted by molar-refractivity contribution is 5.93. The predicted octanol–water partition coefficient (Wildman–Crippen LogP) is 1.78. The highest BCUT2D eigenvalue weighted by Crippen LogP contribution is 2.31. The number of amides is 1. The molecule has 1 amide bonds. The van der Waals surface area contributed by atoms with Crippen LogP contribution in [0.4, 0.5) is 5.69 Å². The summed E-state index contributed by atoms with van der Waals surface area (Å²) in [5.41, 5.74) is 3.28. The second-order valence-corrected chi connectivity index (χ2v) is 6.62. The number of rotatable bonds is 3. The maximum Gasteiger partial charge on any atom is 0.238 e. The van der Waals surface area contributed by atoms with Crippen LogP contribution >= 0.6 is 0 Å². The number of fused-ring (bicyclic) bond motifs is 1. The Kier molecular flexibility index (Phi) is 4.00. The fraction of sp³-hybridized carbons (Fsp3) is 0.588. The fourth-order valence-electron chi connectivity index (χ4n) is 3.79. The Labute approximate surface area is 126 Å². The standard InChI is InChI=1S/C17H25N3O/c1-11-4-5-16(12(2)6-11)19-17(21)10-20-9-14-7-18-8-15(14)13(20)3/h4-6,13-15,18H,7-10H2,1-3H3,(H,19,21). The molecule has 2 saturated heterocycles. The van der Waals surface area contributed by atoms with Crippen molar-refractivity contribution in [3.8, 4) is 0 Å². The van der Waals surface area contributed by atoms with Gasteiger partial charge in [0.2, 0.25) is 5.91 Å². The third kappa shape index (κ3) is 2.97. The van der Waals surface area contributed by atoms with Crippen molar-refractivity contribution in [2.75, 3.05) is 31.5 Å². The van der Waals surface area contributed by atoms with E-state index in [0.29, 0.717) is 24.4 Å². The second-order valence-electron chi connectivity index (χ2n) is 6.62. The molecule has 2 N–H and O–H groups in total.